The summed E-state index contributed by atoms with van der Waals surface area (Å²) in [6.45, 7) is 11.3. The molecule has 0 saturated carbocycles. The van der Waals surface area contributed by atoms with Crippen molar-refractivity contribution >= 4 is 31.8 Å². The Kier molecular flexibility index (Phi) is 10.0. The van der Waals surface area contributed by atoms with Gasteiger partial charge in [-0.2, -0.15) is 0 Å². The number of rotatable bonds is 11. The van der Waals surface area contributed by atoms with Gasteiger partial charge in [-0.05, 0) is 70.5 Å². The van der Waals surface area contributed by atoms with Gasteiger partial charge < -0.3 is 14.2 Å². The number of amides is 1. The molecule has 5 rings (SSSR count). The molecule has 8 nitrogen and oxygen atoms in total. The van der Waals surface area contributed by atoms with E-state index in [1.807, 2.05) is 73.7 Å². The largest absolute Gasteiger partial charge is 0.466 e. The number of hydrogen-bond donors (Lipinski definition) is 1. The number of hydrogen-bond acceptors (Lipinski definition) is 7. The first-order valence-electron chi connectivity index (χ1n) is 15.6. The van der Waals surface area contributed by atoms with Crippen LogP contribution >= 0.6 is 0 Å². The van der Waals surface area contributed by atoms with Crippen molar-refractivity contribution in [1.29, 1.82) is 0 Å². The predicted molar refractivity (Wildman–Crippen MR) is 182 cm³/mol. The number of ether oxygens (including phenoxy) is 3. The molecule has 1 amide bonds. The van der Waals surface area contributed by atoms with Gasteiger partial charge in [0.15, 0.2) is 5.69 Å². The normalized spacial score (nSPS) is 11.8. The molecule has 1 N–H and O–H groups in total. The van der Waals surface area contributed by atoms with E-state index in [1.165, 1.54) is 0 Å². The number of anilines is 1. The average Bonchev–Trinajstić information content (AvgIpc) is 3.39. The molecule has 1 aromatic heterocycles. The smallest absolute Gasteiger partial charge is 0.411 e. The second-order valence-corrected chi connectivity index (χ2v) is 18.3. The van der Waals surface area contributed by atoms with E-state index in [0.29, 0.717) is 18.7 Å². The summed E-state index contributed by atoms with van der Waals surface area (Å²) >= 11 is 0. The molecule has 0 aliphatic heterocycles. The molecule has 0 unspecified atom stereocenters. The van der Waals surface area contributed by atoms with Crippen LogP contribution in [0.2, 0.25) is 25.7 Å². The molecule has 4 aromatic rings. The van der Waals surface area contributed by atoms with E-state index < -0.39 is 20.1 Å². The summed E-state index contributed by atoms with van der Waals surface area (Å²) in [4.78, 5) is 42.9. The van der Waals surface area contributed by atoms with Crippen LogP contribution in [-0.2, 0) is 38.5 Å². The van der Waals surface area contributed by atoms with Crippen molar-refractivity contribution in [3.05, 3.63) is 106 Å². The minimum Gasteiger partial charge on any atom is -0.466 e. The molecule has 9 heteroatoms. The lowest BCUT2D eigenvalue weighted by Crippen LogP contribution is -2.23. The fraction of sp³-hybridized carbons (Fsp3) is 0.297. The first-order chi connectivity index (χ1) is 22.0. The highest BCUT2D eigenvalue weighted by molar-refractivity contribution is 6.76. The Bertz CT molecular complexity index is 1760. The number of nitrogens with zero attached hydrogens (tertiary/aromatic N) is 1. The summed E-state index contributed by atoms with van der Waals surface area (Å²) < 4.78 is 16.3. The van der Waals surface area contributed by atoms with Crippen LogP contribution in [0.1, 0.15) is 45.2 Å². The Balaban J connectivity index is 1.43. The highest BCUT2D eigenvalue weighted by atomic mass is 28.3. The Hall–Kier alpha value is -4.76. The van der Waals surface area contributed by atoms with Crippen LogP contribution in [0.15, 0.2) is 72.9 Å². The molecule has 0 fully saturated rings. The van der Waals surface area contributed by atoms with E-state index in [-0.39, 0.29) is 31.3 Å². The summed E-state index contributed by atoms with van der Waals surface area (Å²) in [7, 11) is -1.30. The highest BCUT2D eigenvalue weighted by Crippen LogP contribution is 2.45. The SMILES string of the molecule is CCOC(=O)c1ncc(-c2cccc(NC(=O)OCc3ccccc3)c2C)c2c1Cc1cc(CC(=O)OCC[Si](C)(C)C)ccc1-2. The van der Waals surface area contributed by atoms with E-state index in [2.05, 4.69) is 29.9 Å². The van der Waals surface area contributed by atoms with Gasteiger partial charge in [-0.1, -0.05) is 80.3 Å². The molecular formula is C37H40N2O6Si. The van der Waals surface area contributed by atoms with Crippen LogP contribution in [0, 0.1) is 6.92 Å². The third kappa shape index (κ3) is 7.71. The second kappa shape index (κ2) is 14.1. The number of aromatic nitrogens is 1. The Morgan fingerprint density at radius 3 is 2.39 bits per heavy atom. The lowest BCUT2D eigenvalue weighted by molar-refractivity contribution is -0.142. The first kappa shape index (κ1) is 32.6. The third-order valence-electron chi connectivity index (χ3n) is 7.99. The Morgan fingerprint density at radius 1 is 0.870 bits per heavy atom. The van der Waals surface area contributed by atoms with E-state index >= 15 is 0 Å². The molecular weight excluding hydrogens is 597 g/mol. The number of nitrogens with one attached hydrogen (secondary N) is 1. The van der Waals surface area contributed by atoms with Gasteiger partial charge in [0.25, 0.3) is 0 Å². The summed E-state index contributed by atoms with van der Waals surface area (Å²) in [5, 5.41) is 2.87. The van der Waals surface area contributed by atoms with Gasteiger partial charge in [-0.15, -0.1) is 0 Å². The van der Waals surface area contributed by atoms with Gasteiger partial charge in [-0.25, -0.2) is 14.6 Å². The number of pyridine rings is 1. The van der Waals surface area contributed by atoms with Crippen molar-refractivity contribution in [2.24, 2.45) is 0 Å². The van der Waals surface area contributed by atoms with E-state index in [0.717, 1.165) is 56.1 Å². The lowest BCUT2D eigenvalue weighted by Gasteiger charge is -2.17. The van der Waals surface area contributed by atoms with Crippen molar-refractivity contribution in [3.8, 4) is 22.3 Å². The second-order valence-electron chi connectivity index (χ2n) is 12.6. The van der Waals surface area contributed by atoms with Gasteiger partial charge in [0, 0.05) is 31.9 Å². The molecule has 0 radical (unpaired) electrons. The Labute approximate surface area is 271 Å². The summed E-state index contributed by atoms with van der Waals surface area (Å²) in [6.07, 6.45) is 1.80. The zero-order chi connectivity index (χ0) is 32.8. The van der Waals surface area contributed by atoms with Crippen LogP contribution in [0.3, 0.4) is 0 Å². The van der Waals surface area contributed by atoms with Crippen LogP contribution in [0.5, 0.6) is 0 Å². The maximum atomic E-state index is 13.0. The zero-order valence-corrected chi connectivity index (χ0v) is 28.1. The minimum atomic E-state index is -1.30. The van der Waals surface area contributed by atoms with Gasteiger partial charge in [-0.3, -0.25) is 10.1 Å². The zero-order valence-electron chi connectivity index (χ0n) is 27.1. The summed E-state index contributed by atoms with van der Waals surface area (Å²) in [6, 6.07) is 22.0. The standard InChI is InChI=1S/C37H40N2O6Si/c1-6-43-36(41)35-30-21-27-19-26(20-33(40)44-17-18-46(3,4)5)15-16-29(27)34(30)31(22-38-35)28-13-10-14-32(24(28)2)39-37(42)45-23-25-11-8-7-9-12-25/h7-16,19,22H,6,17-18,20-21,23H2,1-5H3,(H,39,42). The van der Waals surface area contributed by atoms with E-state index in [9.17, 15) is 14.4 Å². The molecule has 1 heterocycles. The fourth-order valence-corrected chi connectivity index (χ4v) is 6.28. The van der Waals surface area contributed by atoms with Gasteiger partial charge in [0.05, 0.1) is 19.6 Å². The molecule has 0 spiro atoms. The topological polar surface area (TPSA) is 104 Å². The first-order valence-corrected chi connectivity index (χ1v) is 19.3. The number of fused-ring (bicyclic) bond motifs is 3. The fourth-order valence-electron chi connectivity index (χ4n) is 5.57. The summed E-state index contributed by atoms with van der Waals surface area (Å²) in [5.74, 6) is -0.719. The van der Waals surface area contributed by atoms with Crippen molar-refractivity contribution < 1.29 is 28.6 Å². The van der Waals surface area contributed by atoms with E-state index in [4.69, 9.17) is 14.2 Å². The maximum absolute atomic E-state index is 13.0. The average molecular weight is 637 g/mol. The van der Waals surface area contributed by atoms with Crippen LogP contribution < -0.4 is 5.32 Å². The molecule has 0 atom stereocenters. The highest BCUT2D eigenvalue weighted by Gasteiger charge is 2.30. The molecule has 238 valence electrons. The maximum Gasteiger partial charge on any atom is 0.411 e. The predicted octanol–water partition coefficient (Wildman–Crippen LogP) is 7.98. The molecule has 46 heavy (non-hydrogen) atoms. The van der Waals surface area contributed by atoms with Crippen molar-refractivity contribution in [1.82, 2.24) is 4.98 Å². The quantitative estimate of drug-likeness (QED) is 0.0891. The molecule has 0 bridgehead atoms. The lowest BCUT2D eigenvalue weighted by atomic mass is 9.91. The number of esters is 2. The number of carbonyl (C=O) groups is 3. The molecule has 0 saturated heterocycles. The summed E-state index contributed by atoms with van der Waals surface area (Å²) in [5.41, 5.74) is 8.80. The number of benzene rings is 3. The van der Waals surface area contributed by atoms with Crippen molar-refractivity contribution in [3.63, 3.8) is 0 Å². The van der Waals surface area contributed by atoms with Crippen LogP contribution in [0.25, 0.3) is 22.3 Å². The molecule has 3 aromatic carbocycles. The van der Waals surface area contributed by atoms with Gasteiger partial charge in [0.2, 0.25) is 0 Å². The van der Waals surface area contributed by atoms with Crippen LogP contribution in [0.4, 0.5) is 10.5 Å². The number of carbonyl (C=O) groups excluding carboxylic acids is 3. The minimum absolute atomic E-state index is 0.160. The van der Waals surface area contributed by atoms with Crippen molar-refractivity contribution in [2.45, 2.75) is 59.0 Å². The van der Waals surface area contributed by atoms with Gasteiger partial charge in [0.1, 0.15) is 6.61 Å². The molecule has 1 aliphatic carbocycles. The monoisotopic (exact) mass is 636 g/mol. The van der Waals surface area contributed by atoms with Crippen LogP contribution in [-0.4, -0.2) is 44.3 Å². The Morgan fingerprint density at radius 2 is 1.65 bits per heavy atom. The van der Waals surface area contributed by atoms with Gasteiger partial charge >= 0.3 is 18.0 Å². The molecule has 1 aliphatic rings. The van der Waals surface area contributed by atoms with E-state index in [1.54, 1.807) is 13.1 Å². The van der Waals surface area contributed by atoms with Crippen molar-refractivity contribution in [2.75, 3.05) is 18.5 Å². The third-order valence-corrected chi connectivity index (χ3v) is 9.70.